The molecule has 1 aliphatic rings. The Balaban J connectivity index is 2.12. The van der Waals surface area contributed by atoms with Crippen LogP contribution in [0.4, 0.5) is 0 Å². The molecule has 17 heavy (non-hydrogen) atoms. The Morgan fingerprint density at radius 2 is 2.06 bits per heavy atom. The first-order valence-corrected chi connectivity index (χ1v) is 7.16. The lowest BCUT2D eigenvalue weighted by molar-refractivity contribution is -0.121. The fraction of sp³-hybridized carbons (Fsp3) is 0.929. The lowest BCUT2D eigenvalue weighted by Gasteiger charge is -2.29. The molecule has 1 rings (SSSR count). The maximum Gasteiger partial charge on any atom is 0.221 e. The molecule has 100 valence electrons. The van der Waals surface area contributed by atoms with Gasteiger partial charge < -0.3 is 10.6 Å². The smallest absolute Gasteiger partial charge is 0.221 e. The fourth-order valence-electron chi connectivity index (χ4n) is 2.44. The maximum atomic E-state index is 11.6. The van der Waals surface area contributed by atoms with Gasteiger partial charge in [0, 0.05) is 25.0 Å². The van der Waals surface area contributed by atoms with E-state index in [4.69, 9.17) is 0 Å². The van der Waals surface area contributed by atoms with Crippen LogP contribution in [0.2, 0.25) is 0 Å². The summed E-state index contributed by atoms with van der Waals surface area (Å²) in [5.41, 5.74) is 0. The van der Waals surface area contributed by atoms with Gasteiger partial charge in [-0.25, -0.2) is 0 Å². The van der Waals surface area contributed by atoms with Gasteiger partial charge in [0.05, 0.1) is 0 Å². The Morgan fingerprint density at radius 1 is 1.35 bits per heavy atom. The van der Waals surface area contributed by atoms with Gasteiger partial charge in [0.25, 0.3) is 0 Å². The first-order valence-electron chi connectivity index (χ1n) is 7.16. The van der Waals surface area contributed by atoms with Crippen molar-refractivity contribution in [2.24, 2.45) is 5.92 Å². The second-order valence-electron chi connectivity index (χ2n) is 5.45. The zero-order chi connectivity index (χ0) is 12.7. The van der Waals surface area contributed by atoms with E-state index in [1.807, 2.05) is 0 Å². The van der Waals surface area contributed by atoms with Gasteiger partial charge in [0.15, 0.2) is 0 Å². The molecule has 0 radical (unpaired) electrons. The standard InChI is InChI=1S/C14H28N2O/c1-4-12(3)16-14(17)9-10-15-13-8-6-5-7-11(13)2/h11-13,15H,4-10H2,1-3H3,(H,16,17). The van der Waals surface area contributed by atoms with Gasteiger partial charge in [-0.05, 0) is 32.1 Å². The molecule has 0 saturated heterocycles. The highest BCUT2D eigenvalue weighted by Crippen LogP contribution is 2.23. The summed E-state index contributed by atoms with van der Waals surface area (Å²) in [5.74, 6) is 0.941. The first kappa shape index (κ1) is 14.5. The van der Waals surface area contributed by atoms with Crippen LogP contribution < -0.4 is 10.6 Å². The van der Waals surface area contributed by atoms with Crippen LogP contribution in [0.5, 0.6) is 0 Å². The molecular formula is C14H28N2O. The maximum absolute atomic E-state index is 11.6. The summed E-state index contributed by atoms with van der Waals surface area (Å²) in [6.07, 6.45) is 6.91. The number of nitrogens with one attached hydrogen (secondary N) is 2. The van der Waals surface area contributed by atoms with Gasteiger partial charge in [0.1, 0.15) is 0 Å². The zero-order valence-electron chi connectivity index (χ0n) is 11.6. The molecule has 0 aromatic carbocycles. The van der Waals surface area contributed by atoms with Crippen LogP contribution in [0.15, 0.2) is 0 Å². The Labute approximate surface area is 106 Å². The molecule has 3 nitrogen and oxygen atoms in total. The number of carbonyl (C=O) groups is 1. The summed E-state index contributed by atoms with van der Waals surface area (Å²) in [6.45, 7) is 7.27. The molecule has 0 aliphatic heterocycles. The molecule has 3 atom stereocenters. The van der Waals surface area contributed by atoms with Crippen molar-refractivity contribution in [3.05, 3.63) is 0 Å². The molecule has 3 heteroatoms. The van der Waals surface area contributed by atoms with E-state index in [2.05, 4.69) is 31.4 Å². The number of amides is 1. The second kappa shape index (κ2) is 7.70. The fourth-order valence-corrected chi connectivity index (χ4v) is 2.44. The van der Waals surface area contributed by atoms with Crippen LogP contribution >= 0.6 is 0 Å². The highest BCUT2D eigenvalue weighted by atomic mass is 16.1. The lowest BCUT2D eigenvalue weighted by atomic mass is 9.86. The van der Waals surface area contributed by atoms with E-state index >= 15 is 0 Å². The van der Waals surface area contributed by atoms with Crippen molar-refractivity contribution in [3.8, 4) is 0 Å². The molecule has 1 amide bonds. The minimum Gasteiger partial charge on any atom is -0.354 e. The molecule has 0 bridgehead atoms. The average molecular weight is 240 g/mol. The Bertz CT molecular complexity index is 230. The van der Waals surface area contributed by atoms with Gasteiger partial charge in [-0.2, -0.15) is 0 Å². The Morgan fingerprint density at radius 3 is 2.71 bits per heavy atom. The predicted molar refractivity (Wildman–Crippen MR) is 71.9 cm³/mol. The minimum absolute atomic E-state index is 0.176. The number of carbonyl (C=O) groups excluding carboxylic acids is 1. The highest BCUT2D eigenvalue weighted by molar-refractivity contribution is 5.76. The summed E-state index contributed by atoms with van der Waals surface area (Å²) in [4.78, 5) is 11.6. The number of hydrogen-bond donors (Lipinski definition) is 2. The van der Waals surface area contributed by atoms with Crippen LogP contribution in [0.1, 0.15) is 59.3 Å². The van der Waals surface area contributed by atoms with E-state index < -0.39 is 0 Å². The van der Waals surface area contributed by atoms with Gasteiger partial charge >= 0.3 is 0 Å². The molecule has 1 aliphatic carbocycles. The van der Waals surface area contributed by atoms with Crippen LogP contribution in [0.25, 0.3) is 0 Å². The second-order valence-corrected chi connectivity index (χ2v) is 5.45. The molecule has 0 heterocycles. The third kappa shape index (κ3) is 5.53. The summed E-state index contributed by atoms with van der Waals surface area (Å²) in [5, 5.41) is 6.53. The predicted octanol–water partition coefficient (Wildman–Crippen LogP) is 2.46. The molecular weight excluding hydrogens is 212 g/mol. The molecule has 1 saturated carbocycles. The van der Waals surface area contributed by atoms with Crippen molar-refractivity contribution < 1.29 is 4.79 Å². The van der Waals surface area contributed by atoms with Gasteiger partial charge in [-0.15, -0.1) is 0 Å². The van der Waals surface area contributed by atoms with E-state index in [1.54, 1.807) is 0 Å². The minimum atomic E-state index is 0.176. The van der Waals surface area contributed by atoms with Crippen LogP contribution in [0, 0.1) is 5.92 Å². The first-order chi connectivity index (χ1) is 8.13. The number of rotatable bonds is 6. The third-order valence-electron chi connectivity index (χ3n) is 3.89. The summed E-state index contributed by atoms with van der Waals surface area (Å²) >= 11 is 0. The molecule has 3 unspecified atom stereocenters. The monoisotopic (exact) mass is 240 g/mol. The summed E-state index contributed by atoms with van der Waals surface area (Å²) in [7, 11) is 0. The van der Waals surface area contributed by atoms with Crippen LogP contribution in [-0.4, -0.2) is 24.5 Å². The molecule has 0 aromatic heterocycles. The largest absolute Gasteiger partial charge is 0.354 e. The topological polar surface area (TPSA) is 41.1 Å². The highest BCUT2D eigenvalue weighted by Gasteiger charge is 2.20. The zero-order valence-corrected chi connectivity index (χ0v) is 11.6. The lowest BCUT2D eigenvalue weighted by Crippen LogP contribution is -2.40. The van der Waals surface area contributed by atoms with Gasteiger partial charge in [0.2, 0.25) is 5.91 Å². The quantitative estimate of drug-likeness (QED) is 0.749. The van der Waals surface area contributed by atoms with E-state index in [9.17, 15) is 4.79 Å². The Hall–Kier alpha value is -0.570. The van der Waals surface area contributed by atoms with Crippen molar-refractivity contribution in [1.29, 1.82) is 0 Å². The molecule has 0 spiro atoms. The SMILES string of the molecule is CCC(C)NC(=O)CCNC1CCCCC1C. The third-order valence-corrected chi connectivity index (χ3v) is 3.89. The van der Waals surface area contributed by atoms with E-state index in [-0.39, 0.29) is 5.91 Å². The Kier molecular flexibility index (Phi) is 6.56. The molecule has 0 aromatic rings. The number of hydrogen-bond acceptors (Lipinski definition) is 2. The van der Waals surface area contributed by atoms with Crippen molar-refractivity contribution in [2.75, 3.05) is 6.54 Å². The van der Waals surface area contributed by atoms with Gasteiger partial charge in [-0.1, -0.05) is 26.7 Å². The van der Waals surface area contributed by atoms with E-state index in [0.29, 0.717) is 18.5 Å². The molecule has 2 N–H and O–H groups in total. The van der Waals surface area contributed by atoms with Crippen LogP contribution in [0.3, 0.4) is 0 Å². The van der Waals surface area contributed by atoms with E-state index in [0.717, 1.165) is 18.9 Å². The van der Waals surface area contributed by atoms with Crippen LogP contribution in [-0.2, 0) is 4.79 Å². The van der Waals surface area contributed by atoms with Crippen molar-refractivity contribution >= 4 is 5.91 Å². The van der Waals surface area contributed by atoms with Gasteiger partial charge in [-0.3, -0.25) is 4.79 Å². The average Bonchev–Trinajstić information content (AvgIpc) is 2.31. The van der Waals surface area contributed by atoms with E-state index in [1.165, 1.54) is 25.7 Å². The summed E-state index contributed by atoms with van der Waals surface area (Å²) in [6, 6.07) is 0.927. The van der Waals surface area contributed by atoms with Crippen molar-refractivity contribution in [2.45, 2.75) is 71.4 Å². The van der Waals surface area contributed by atoms with Crippen molar-refractivity contribution in [1.82, 2.24) is 10.6 Å². The normalized spacial score (nSPS) is 26.5. The van der Waals surface area contributed by atoms with Crippen molar-refractivity contribution in [3.63, 3.8) is 0 Å². The summed E-state index contributed by atoms with van der Waals surface area (Å²) < 4.78 is 0. The molecule has 1 fully saturated rings.